The summed E-state index contributed by atoms with van der Waals surface area (Å²) in [6.07, 6.45) is 2.38. The van der Waals surface area contributed by atoms with Gasteiger partial charge in [-0.3, -0.25) is 29.4 Å². The zero-order chi connectivity index (χ0) is 57.1. The molecular weight excluding hydrogens is 1060 g/mol. The maximum atomic E-state index is 14.3. The summed E-state index contributed by atoms with van der Waals surface area (Å²) in [5.74, 6) is -0.923. The molecule has 7 aromatic rings. The number of hydrogen-bond donors (Lipinski definition) is 5. The number of thiazole rings is 2. The van der Waals surface area contributed by atoms with Crippen molar-refractivity contribution in [3.8, 4) is 27.3 Å². The number of aliphatic hydroxyl groups excluding tert-OH is 1. The van der Waals surface area contributed by atoms with E-state index in [1.54, 1.807) is 17.4 Å². The Morgan fingerprint density at radius 2 is 1.63 bits per heavy atom. The molecule has 81 heavy (non-hydrogen) atoms. The lowest BCUT2D eigenvalue weighted by atomic mass is 9.85. The lowest BCUT2D eigenvalue weighted by molar-refractivity contribution is -0.144. The van der Waals surface area contributed by atoms with Gasteiger partial charge in [0.1, 0.15) is 23.7 Å². The van der Waals surface area contributed by atoms with Crippen molar-refractivity contribution in [2.24, 2.45) is 11.3 Å². The Bertz CT molecular complexity index is 3440. The van der Waals surface area contributed by atoms with E-state index in [0.717, 1.165) is 67.9 Å². The standard InChI is InChI=1S/C62H69N9O8S2/c1-36-44(45-21-22-52(66-54(45)60(77)78)70-29-25-41-11-9-13-46(47(41)33-70)57(74)68-61-65-48-14-7-8-16-51(48)81-61)12-10-15-50(36)79-30-26-39-23-27-69(28-24-39)34-53(73)67-56(62(4,5)6)59(76)71-32-43(72)31-49(71)58(75)64-37(2)40-17-19-42(20-18-40)55-38(3)63-35-80-55/h7-22,35,37,39,43,49,56,72H,23-34H2,1-6H3,(H,64,75)(H,67,73)(H,77,78)(H,65,68,74)/t37-,43?,49-,56+/m0/s1. The van der Waals surface area contributed by atoms with Crippen LogP contribution in [0.4, 0.5) is 10.9 Å². The molecule has 0 bridgehead atoms. The number of aliphatic hydroxyl groups is 1. The molecule has 0 saturated carbocycles. The second-order valence-corrected chi connectivity index (χ2v) is 24.5. The van der Waals surface area contributed by atoms with Crippen LogP contribution in [0.5, 0.6) is 5.75 Å². The number of para-hydroxylation sites is 1. The number of pyridine rings is 1. The summed E-state index contributed by atoms with van der Waals surface area (Å²) < 4.78 is 7.37. The lowest BCUT2D eigenvalue weighted by Crippen LogP contribution is -2.59. The summed E-state index contributed by atoms with van der Waals surface area (Å²) in [7, 11) is 0. The number of aryl methyl sites for hydroxylation is 1. The highest BCUT2D eigenvalue weighted by atomic mass is 32.1. The maximum absolute atomic E-state index is 14.3. The first-order valence-corrected chi connectivity index (χ1v) is 29.4. The normalized spacial score (nSPS) is 17.6. The van der Waals surface area contributed by atoms with E-state index in [2.05, 4.69) is 30.8 Å². The predicted octanol–water partition coefficient (Wildman–Crippen LogP) is 9.46. The van der Waals surface area contributed by atoms with Crippen molar-refractivity contribution in [2.45, 2.75) is 104 Å². The number of carboxylic acids is 1. The van der Waals surface area contributed by atoms with Crippen LogP contribution in [0.2, 0.25) is 0 Å². The fourth-order valence-corrected chi connectivity index (χ4v) is 13.0. The topological polar surface area (TPSA) is 220 Å². The number of nitrogens with one attached hydrogen (secondary N) is 3. The molecule has 422 valence electrons. The second kappa shape index (κ2) is 24.3. The summed E-state index contributed by atoms with van der Waals surface area (Å²) in [6, 6.07) is 28.5. The van der Waals surface area contributed by atoms with Crippen LogP contribution in [0.1, 0.15) is 108 Å². The highest BCUT2D eigenvalue weighted by Crippen LogP contribution is 2.36. The molecule has 3 aliphatic heterocycles. The van der Waals surface area contributed by atoms with Crippen LogP contribution in [-0.4, -0.2) is 122 Å². The van der Waals surface area contributed by atoms with Crippen LogP contribution in [0.15, 0.2) is 103 Å². The molecule has 2 saturated heterocycles. The van der Waals surface area contributed by atoms with E-state index in [0.29, 0.717) is 78.5 Å². The lowest BCUT2D eigenvalue weighted by Gasteiger charge is -2.36. The zero-order valence-corrected chi connectivity index (χ0v) is 48.2. The van der Waals surface area contributed by atoms with Crippen molar-refractivity contribution >= 4 is 73.4 Å². The number of fused-ring (bicyclic) bond motifs is 2. The molecule has 0 spiro atoms. The number of carbonyl (C=O) groups is 5. The van der Waals surface area contributed by atoms with Crippen LogP contribution >= 0.6 is 22.7 Å². The minimum Gasteiger partial charge on any atom is -0.493 e. The first-order chi connectivity index (χ1) is 38.9. The van der Waals surface area contributed by atoms with E-state index in [1.807, 2.05) is 143 Å². The Morgan fingerprint density at radius 1 is 0.864 bits per heavy atom. The first-order valence-electron chi connectivity index (χ1n) is 27.7. The van der Waals surface area contributed by atoms with Crippen molar-refractivity contribution in [3.05, 3.63) is 142 Å². The Hall–Kier alpha value is -7.58. The van der Waals surface area contributed by atoms with E-state index in [-0.39, 0.29) is 49.0 Å². The molecule has 3 aromatic heterocycles. The van der Waals surface area contributed by atoms with Crippen LogP contribution < -0.4 is 25.6 Å². The molecular formula is C62H69N9O8S2. The number of rotatable bonds is 17. The fraction of sp³-hybridized carbons (Fsp3) is 0.387. The molecule has 4 amide bonds. The number of nitrogens with zero attached hydrogens (tertiary/aromatic N) is 6. The molecule has 3 aliphatic rings. The number of anilines is 2. The van der Waals surface area contributed by atoms with Crippen LogP contribution in [0.25, 0.3) is 31.8 Å². The molecule has 4 aromatic carbocycles. The molecule has 17 nitrogen and oxygen atoms in total. The number of amides is 4. The van der Waals surface area contributed by atoms with Crippen molar-refractivity contribution in [2.75, 3.05) is 49.5 Å². The van der Waals surface area contributed by atoms with Crippen molar-refractivity contribution < 1.29 is 38.9 Å². The third-order valence-electron chi connectivity index (χ3n) is 15.9. The van der Waals surface area contributed by atoms with Crippen LogP contribution in [0.3, 0.4) is 0 Å². The minimum atomic E-state index is -1.15. The van der Waals surface area contributed by atoms with Gasteiger partial charge in [-0.1, -0.05) is 92.8 Å². The molecule has 6 heterocycles. The maximum Gasteiger partial charge on any atom is 0.355 e. The SMILES string of the molecule is Cc1ncsc1-c1ccc([C@H](C)NC(=O)[C@@H]2CC(O)CN2C(=O)[C@@H](NC(=O)CN2CCC(CCOc3cccc(-c4ccc(N5CCc6cccc(C(=O)Nc7nc8ccccc8s7)c6C5)nc4C(=O)O)c3C)CC2)C(C)(C)C)cc1. The quantitative estimate of drug-likeness (QED) is 0.0575. The average Bonchev–Trinajstić information content (AvgIpc) is 4.29. The molecule has 0 radical (unpaired) electrons. The number of carboxylic acid groups (broad SMARTS) is 1. The molecule has 1 unspecified atom stereocenters. The first kappa shape index (κ1) is 56.7. The number of aromatic carboxylic acids is 1. The summed E-state index contributed by atoms with van der Waals surface area (Å²) in [4.78, 5) is 88.7. The number of ether oxygens (including phenoxy) is 1. The third kappa shape index (κ3) is 12.8. The predicted molar refractivity (Wildman–Crippen MR) is 316 cm³/mol. The zero-order valence-electron chi connectivity index (χ0n) is 46.5. The fourth-order valence-electron chi connectivity index (χ4n) is 11.3. The monoisotopic (exact) mass is 1130 g/mol. The Morgan fingerprint density at radius 3 is 2.36 bits per heavy atom. The van der Waals surface area contributed by atoms with Gasteiger partial charge in [0.25, 0.3) is 5.91 Å². The smallest absolute Gasteiger partial charge is 0.355 e. The van der Waals surface area contributed by atoms with Crippen molar-refractivity contribution in [3.63, 3.8) is 0 Å². The summed E-state index contributed by atoms with van der Waals surface area (Å²) in [6.45, 7) is 14.4. The minimum absolute atomic E-state index is 0.00824. The Kier molecular flexibility index (Phi) is 17.0. The van der Waals surface area contributed by atoms with Gasteiger partial charge in [-0.25, -0.2) is 19.7 Å². The molecule has 4 atom stereocenters. The number of carbonyl (C=O) groups excluding carboxylic acids is 4. The summed E-state index contributed by atoms with van der Waals surface area (Å²) >= 11 is 2.99. The average molecular weight is 1130 g/mol. The van der Waals surface area contributed by atoms with Gasteiger partial charge in [0.2, 0.25) is 17.7 Å². The number of likely N-dealkylation sites (tertiary alicyclic amines) is 2. The van der Waals surface area contributed by atoms with Gasteiger partial charge in [-0.05, 0) is 141 Å². The molecule has 2 fully saturated rings. The number of piperidine rings is 1. The molecule has 0 aliphatic carbocycles. The highest BCUT2D eigenvalue weighted by Gasteiger charge is 2.45. The second-order valence-electron chi connectivity index (χ2n) is 22.6. The van der Waals surface area contributed by atoms with Crippen LogP contribution in [-0.2, 0) is 27.3 Å². The van der Waals surface area contributed by atoms with E-state index in [4.69, 9.17) is 9.72 Å². The molecule has 5 N–H and O–H groups in total. The number of aromatic nitrogens is 3. The number of benzene rings is 4. The number of β-amino-alcohol motifs (C(OH)–C–C–N with tert-alkyl or cyclic N) is 1. The summed E-state index contributed by atoms with van der Waals surface area (Å²) in [5, 5.41) is 30.9. The van der Waals surface area contributed by atoms with Gasteiger partial charge in [0, 0.05) is 37.2 Å². The molecule has 10 rings (SSSR count). The van der Waals surface area contributed by atoms with Gasteiger partial charge in [0.15, 0.2) is 10.8 Å². The number of hydrogen-bond acceptors (Lipinski definition) is 14. The van der Waals surface area contributed by atoms with E-state index in [9.17, 15) is 34.2 Å². The largest absolute Gasteiger partial charge is 0.493 e. The van der Waals surface area contributed by atoms with Gasteiger partial charge in [-0.2, -0.15) is 0 Å². The highest BCUT2D eigenvalue weighted by molar-refractivity contribution is 7.22. The Labute approximate surface area is 479 Å². The van der Waals surface area contributed by atoms with Gasteiger partial charge >= 0.3 is 5.97 Å². The van der Waals surface area contributed by atoms with Gasteiger partial charge in [-0.15, -0.1) is 11.3 Å². The van der Waals surface area contributed by atoms with E-state index < -0.39 is 35.5 Å². The van der Waals surface area contributed by atoms with Gasteiger partial charge in [0.05, 0.1) is 51.6 Å². The van der Waals surface area contributed by atoms with Crippen molar-refractivity contribution in [1.82, 2.24) is 35.4 Å². The summed E-state index contributed by atoms with van der Waals surface area (Å²) in [5.41, 5.74) is 9.24. The van der Waals surface area contributed by atoms with Gasteiger partial charge < -0.3 is 35.4 Å². The van der Waals surface area contributed by atoms with E-state index >= 15 is 0 Å². The molecule has 19 heteroatoms. The Balaban J connectivity index is 0.706. The van der Waals surface area contributed by atoms with Crippen molar-refractivity contribution in [1.29, 1.82) is 0 Å². The van der Waals surface area contributed by atoms with E-state index in [1.165, 1.54) is 16.2 Å². The van der Waals surface area contributed by atoms with Crippen LogP contribution in [0, 0.1) is 25.2 Å². The third-order valence-corrected chi connectivity index (χ3v) is 17.9.